The van der Waals surface area contributed by atoms with Gasteiger partial charge in [-0.3, -0.25) is 4.90 Å². The highest BCUT2D eigenvalue weighted by Gasteiger charge is 2.34. The zero-order valence-corrected chi connectivity index (χ0v) is 26.1. The van der Waals surface area contributed by atoms with E-state index in [9.17, 15) is 13.2 Å². The lowest BCUT2D eigenvalue weighted by atomic mass is 9.90. The van der Waals surface area contributed by atoms with Crippen molar-refractivity contribution in [3.63, 3.8) is 0 Å². The molecule has 0 spiro atoms. The van der Waals surface area contributed by atoms with Crippen LogP contribution < -0.4 is 15.0 Å². The third-order valence-electron chi connectivity index (χ3n) is 7.81. The highest BCUT2D eigenvalue weighted by atomic mass is 35.5. The molecule has 0 saturated carbocycles. The highest BCUT2D eigenvalue weighted by molar-refractivity contribution is 6.32. The molecule has 234 valence electrons. The van der Waals surface area contributed by atoms with Crippen LogP contribution in [0.5, 0.6) is 5.75 Å². The molecule has 1 saturated heterocycles. The van der Waals surface area contributed by atoms with Gasteiger partial charge < -0.3 is 15.0 Å². The van der Waals surface area contributed by atoms with Crippen LogP contribution in [0.15, 0.2) is 103 Å². The summed E-state index contributed by atoms with van der Waals surface area (Å²) >= 11 is 6.35. The SMILES string of the molecule is Cl.FC(F)(F)c1cccc(CN(CCCOc2cccc(N3CCNCC3)c2)CC(c2ccccc2)c2ccccc2)c1Cl. The van der Waals surface area contributed by atoms with Gasteiger partial charge in [-0.25, -0.2) is 0 Å². The molecule has 0 aliphatic carbocycles. The van der Waals surface area contributed by atoms with E-state index in [0.29, 0.717) is 31.7 Å². The minimum atomic E-state index is -4.51. The number of hydrogen-bond donors (Lipinski definition) is 1. The first-order valence-electron chi connectivity index (χ1n) is 14.7. The van der Waals surface area contributed by atoms with Crippen LogP contribution in [0, 0.1) is 0 Å². The predicted octanol–water partition coefficient (Wildman–Crippen LogP) is 8.29. The average Bonchev–Trinajstić information content (AvgIpc) is 3.03. The van der Waals surface area contributed by atoms with Gasteiger partial charge in [0.25, 0.3) is 0 Å². The van der Waals surface area contributed by atoms with Crippen LogP contribution in [-0.4, -0.2) is 50.8 Å². The van der Waals surface area contributed by atoms with Crippen molar-refractivity contribution in [3.8, 4) is 5.75 Å². The van der Waals surface area contributed by atoms with Gasteiger partial charge in [-0.1, -0.05) is 90.5 Å². The minimum absolute atomic E-state index is 0. The molecule has 0 aromatic heterocycles. The second-order valence-corrected chi connectivity index (χ2v) is 11.2. The minimum Gasteiger partial charge on any atom is -0.493 e. The first kappa shape index (κ1) is 33.7. The lowest BCUT2D eigenvalue weighted by Gasteiger charge is -2.30. The van der Waals surface area contributed by atoms with E-state index in [2.05, 4.69) is 51.5 Å². The van der Waals surface area contributed by atoms with Gasteiger partial charge in [-0.2, -0.15) is 13.2 Å². The Morgan fingerprint density at radius 2 is 1.48 bits per heavy atom. The molecule has 4 aromatic carbocycles. The molecule has 1 N–H and O–H groups in total. The Labute approximate surface area is 269 Å². The Morgan fingerprint density at radius 1 is 0.841 bits per heavy atom. The normalized spacial score (nSPS) is 13.6. The van der Waals surface area contributed by atoms with Gasteiger partial charge in [0.15, 0.2) is 0 Å². The molecule has 9 heteroatoms. The Morgan fingerprint density at radius 3 is 2.11 bits per heavy atom. The molecular formula is C35H38Cl2F3N3O. The van der Waals surface area contributed by atoms with E-state index in [1.807, 2.05) is 48.5 Å². The van der Waals surface area contributed by atoms with Gasteiger partial charge in [0.05, 0.1) is 17.2 Å². The monoisotopic (exact) mass is 643 g/mol. The number of benzene rings is 4. The van der Waals surface area contributed by atoms with Gasteiger partial charge in [0, 0.05) is 63.5 Å². The van der Waals surface area contributed by atoms with Crippen molar-refractivity contribution < 1.29 is 17.9 Å². The molecule has 0 atom stereocenters. The number of nitrogens with one attached hydrogen (secondary N) is 1. The maximum Gasteiger partial charge on any atom is 0.417 e. The van der Waals surface area contributed by atoms with Crippen molar-refractivity contribution in [1.82, 2.24) is 10.2 Å². The van der Waals surface area contributed by atoms with Gasteiger partial charge in [0.2, 0.25) is 0 Å². The second kappa shape index (κ2) is 16.2. The molecular weight excluding hydrogens is 606 g/mol. The molecule has 1 aliphatic rings. The Bertz CT molecular complexity index is 1390. The van der Waals surface area contributed by atoms with Gasteiger partial charge in [-0.15, -0.1) is 12.4 Å². The van der Waals surface area contributed by atoms with Crippen LogP contribution in [0.4, 0.5) is 18.9 Å². The molecule has 0 radical (unpaired) electrons. The van der Waals surface area contributed by atoms with Crippen LogP contribution in [0.3, 0.4) is 0 Å². The summed E-state index contributed by atoms with van der Waals surface area (Å²) < 4.78 is 47.1. The second-order valence-electron chi connectivity index (χ2n) is 10.8. The Hall–Kier alpha value is -3.23. The van der Waals surface area contributed by atoms with E-state index in [0.717, 1.165) is 54.8 Å². The standard InChI is InChI=1S/C35H37ClF3N3O.ClH/c36-34-29(14-7-17-33(34)35(37,38)39)25-41(26-32(27-10-3-1-4-11-27)28-12-5-2-6-13-28)20-9-23-43-31-16-8-15-30(24-31)42-21-18-40-19-22-42;/h1-8,10-17,24,32,40H,9,18-23,25-26H2;1H. The lowest BCUT2D eigenvalue weighted by molar-refractivity contribution is -0.137. The average molecular weight is 645 g/mol. The fourth-order valence-corrected chi connectivity index (χ4v) is 5.89. The van der Waals surface area contributed by atoms with E-state index in [4.69, 9.17) is 16.3 Å². The number of halogens is 5. The van der Waals surface area contributed by atoms with E-state index < -0.39 is 11.7 Å². The van der Waals surface area contributed by atoms with Crippen molar-refractivity contribution >= 4 is 29.7 Å². The van der Waals surface area contributed by atoms with E-state index in [1.54, 1.807) is 6.07 Å². The molecule has 1 aliphatic heterocycles. The van der Waals surface area contributed by atoms with E-state index in [1.165, 1.54) is 6.07 Å². The van der Waals surface area contributed by atoms with Gasteiger partial charge in [0.1, 0.15) is 5.75 Å². The quantitative estimate of drug-likeness (QED) is 0.157. The molecule has 44 heavy (non-hydrogen) atoms. The summed E-state index contributed by atoms with van der Waals surface area (Å²) in [5.41, 5.74) is 3.10. The Kier molecular flexibility index (Phi) is 12.4. The number of hydrogen-bond acceptors (Lipinski definition) is 4. The summed E-state index contributed by atoms with van der Waals surface area (Å²) in [5, 5.41) is 3.14. The number of nitrogens with zero attached hydrogens (tertiary/aromatic N) is 2. The van der Waals surface area contributed by atoms with Crippen molar-refractivity contribution in [1.29, 1.82) is 0 Å². The summed E-state index contributed by atoms with van der Waals surface area (Å²) in [6.07, 6.45) is -3.81. The molecule has 1 fully saturated rings. The fraction of sp³-hybridized carbons (Fsp3) is 0.314. The van der Waals surface area contributed by atoms with Crippen LogP contribution >= 0.6 is 24.0 Å². The number of alkyl halides is 3. The lowest BCUT2D eigenvalue weighted by Crippen LogP contribution is -2.43. The smallest absolute Gasteiger partial charge is 0.417 e. The summed E-state index contributed by atoms with van der Waals surface area (Å²) in [4.78, 5) is 4.53. The van der Waals surface area contributed by atoms with Crippen LogP contribution in [0.1, 0.15) is 34.6 Å². The number of rotatable bonds is 12. The van der Waals surface area contributed by atoms with Crippen molar-refractivity contribution in [2.75, 3.05) is 50.8 Å². The highest BCUT2D eigenvalue weighted by Crippen LogP contribution is 2.37. The summed E-state index contributed by atoms with van der Waals surface area (Å²) in [7, 11) is 0. The summed E-state index contributed by atoms with van der Waals surface area (Å²) in [5.74, 6) is 0.846. The predicted molar refractivity (Wildman–Crippen MR) is 175 cm³/mol. The molecule has 1 heterocycles. The molecule has 0 unspecified atom stereocenters. The largest absolute Gasteiger partial charge is 0.493 e. The van der Waals surface area contributed by atoms with E-state index in [-0.39, 0.29) is 29.9 Å². The Balaban J connectivity index is 0.00000442. The maximum atomic E-state index is 13.7. The molecule has 0 amide bonds. The van der Waals surface area contributed by atoms with Crippen molar-refractivity contribution in [3.05, 3.63) is 130 Å². The number of anilines is 1. The maximum absolute atomic E-state index is 13.7. The third kappa shape index (κ3) is 9.14. The summed E-state index contributed by atoms with van der Waals surface area (Å²) in [6, 6.07) is 32.7. The van der Waals surface area contributed by atoms with Crippen LogP contribution in [-0.2, 0) is 12.7 Å². The molecule has 4 aromatic rings. The van der Waals surface area contributed by atoms with E-state index >= 15 is 0 Å². The number of piperazine rings is 1. The molecule has 4 nitrogen and oxygen atoms in total. The molecule has 0 bridgehead atoms. The van der Waals surface area contributed by atoms with Crippen molar-refractivity contribution in [2.24, 2.45) is 0 Å². The first-order chi connectivity index (χ1) is 20.9. The fourth-order valence-electron chi connectivity index (χ4n) is 5.60. The topological polar surface area (TPSA) is 27.7 Å². The third-order valence-corrected chi connectivity index (χ3v) is 8.26. The first-order valence-corrected chi connectivity index (χ1v) is 15.1. The van der Waals surface area contributed by atoms with Gasteiger partial charge in [-0.05, 0) is 41.3 Å². The number of ether oxygens (including phenoxy) is 1. The zero-order chi connectivity index (χ0) is 30.1. The van der Waals surface area contributed by atoms with Gasteiger partial charge >= 0.3 is 6.18 Å². The van der Waals surface area contributed by atoms with Crippen LogP contribution in [0.2, 0.25) is 5.02 Å². The molecule has 5 rings (SSSR count). The van der Waals surface area contributed by atoms with Crippen molar-refractivity contribution in [2.45, 2.75) is 25.1 Å². The van der Waals surface area contributed by atoms with Crippen LogP contribution in [0.25, 0.3) is 0 Å². The summed E-state index contributed by atoms with van der Waals surface area (Å²) in [6.45, 7) is 5.85. The zero-order valence-electron chi connectivity index (χ0n) is 24.5.